The first-order chi connectivity index (χ1) is 13.4. The molecule has 0 aliphatic rings. The van der Waals surface area contributed by atoms with Crippen LogP contribution < -0.4 is 10.5 Å². The molecule has 0 aliphatic carbocycles. The molecule has 0 bridgehead atoms. The number of nitrogens with two attached hydrogens (primary N) is 1. The smallest absolute Gasteiger partial charge is 0.338 e. The van der Waals surface area contributed by atoms with Gasteiger partial charge < -0.3 is 20.1 Å². The number of fused-ring (bicyclic) bond motifs is 1. The third-order valence-corrected chi connectivity index (χ3v) is 5.34. The van der Waals surface area contributed by atoms with Crippen LogP contribution in [-0.2, 0) is 6.61 Å². The van der Waals surface area contributed by atoms with Gasteiger partial charge in [0.2, 0.25) is 0 Å². The number of nitrogens with zero attached hydrogens (tertiary/aromatic N) is 3. The van der Waals surface area contributed by atoms with Gasteiger partial charge >= 0.3 is 5.97 Å². The van der Waals surface area contributed by atoms with Crippen molar-refractivity contribution in [3.05, 3.63) is 52.3 Å². The molecule has 142 valence electrons. The van der Waals surface area contributed by atoms with Crippen molar-refractivity contribution in [1.29, 1.82) is 0 Å². The van der Waals surface area contributed by atoms with Crippen molar-refractivity contribution in [3.8, 4) is 17.2 Å². The Bertz CT molecular complexity index is 1200. The zero-order valence-corrected chi connectivity index (χ0v) is 15.9. The van der Waals surface area contributed by atoms with E-state index in [0.29, 0.717) is 27.6 Å². The Morgan fingerprint density at radius 2 is 2.18 bits per heavy atom. The molecule has 8 nitrogen and oxygen atoms in total. The van der Waals surface area contributed by atoms with E-state index in [9.17, 15) is 9.90 Å². The average Bonchev–Trinajstić information content (AvgIpc) is 3.28. The minimum Gasteiger partial charge on any atom is -0.489 e. The number of pyridine rings is 1. The van der Waals surface area contributed by atoms with Gasteiger partial charge in [-0.3, -0.25) is 0 Å². The van der Waals surface area contributed by atoms with E-state index in [2.05, 4.69) is 15.1 Å². The molecule has 9 heteroatoms. The number of rotatable bonds is 5. The number of carboxylic acid groups (broad SMARTS) is 1. The van der Waals surface area contributed by atoms with Crippen LogP contribution in [0.15, 0.2) is 34.3 Å². The van der Waals surface area contributed by atoms with Gasteiger partial charge in [-0.05, 0) is 36.9 Å². The van der Waals surface area contributed by atoms with Crippen LogP contribution in [0.4, 0.5) is 5.82 Å². The summed E-state index contributed by atoms with van der Waals surface area (Å²) in [5.74, 6) is 0.883. The summed E-state index contributed by atoms with van der Waals surface area (Å²) in [6, 6.07) is 5.63. The molecule has 3 N–H and O–H groups in total. The van der Waals surface area contributed by atoms with Gasteiger partial charge in [0.25, 0.3) is 5.89 Å². The third kappa shape index (κ3) is 3.16. The fourth-order valence-electron chi connectivity index (χ4n) is 2.85. The maximum absolute atomic E-state index is 11.4. The number of nitrogen functional groups attached to an aromatic ring is 1. The highest BCUT2D eigenvalue weighted by atomic mass is 32.1. The van der Waals surface area contributed by atoms with Crippen LogP contribution in [0.1, 0.15) is 27.3 Å². The van der Waals surface area contributed by atoms with Crippen molar-refractivity contribution in [3.63, 3.8) is 0 Å². The molecule has 4 aromatic rings. The molecule has 0 aliphatic heterocycles. The second-order valence-electron chi connectivity index (χ2n) is 6.24. The van der Waals surface area contributed by atoms with Crippen LogP contribution in [0.2, 0.25) is 0 Å². The topological polar surface area (TPSA) is 124 Å². The predicted molar refractivity (Wildman–Crippen MR) is 105 cm³/mol. The van der Waals surface area contributed by atoms with Crippen LogP contribution in [0.3, 0.4) is 0 Å². The molecule has 3 heterocycles. The predicted octanol–water partition coefficient (Wildman–Crippen LogP) is 3.82. The van der Waals surface area contributed by atoms with Gasteiger partial charge in [0, 0.05) is 22.7 Å². The second kappa shape index (κ2) is 6.93. The monoisotopic (exact) mass is 396 g/mol. The number of aromatic carboxylic acids is 1. The maximum Gasteiger partial charge on any atom is 0.338 e. The molecule has 0 unspecified atom stereocenters. The highest BCUT2D eigenvalue weighted by Gasteiger charge is 2.17. The number of carbonyl (C=O) groups is 1. The lowest BCUT2D eigenvalue weighted by Gasteiger charge is -2.10. The second-order valence-corrected chi connectivity index (χ2v) is 7.12. The van der Waals surface area contributed by atoms with E-state index in [0.717, 1.165) is 16.7 Å². The van der Waals surface area contributed by atoms with Crippen molar-refractivity contribution < 1.29 is 19.2 Å². The molecule has 0 radical (unpaired) electrons. The lowest BCUT2D eigenvalue weighted by molar-refractivity contribution is 0.0699. The van der Waals surface area contributed by atoms with Crippen LogP contribution in [0.25, 0.3) is 21.5 Å². The summed E-state index contributed by atoms with van der Waals surface area (Å²) in [6.07, 6.45) is 1.28. The SMILES string of the molecule is Cc1noc(-c2ccc(C)c(OCc3csc4c(C(=O)O)cnc(N)c34)c2)n1. The molecule has 0 atom stereocenters. The van der Waals surface area contributed by atoms with Crippen molar-refractivity contribution in [2.75, 3.05) is 5.73 Å². The van der Waals surface area contributed by atoms with Crippen LogP contribution in [0, 0.1) is 13.8 Å². The van der Waals surface area contributed by atoms with Crippen molar-refractivity contribution in [1.82, 2.24) is 15.1 Å². The van der Waals surface area contributed by atoms with Gasteiger partial charge in [0.05, 0.1) is 10.3 Å². The number of thiophene rings is 1. The molecular formula is C19H16N4O4S. The van der Waals surface area contributed by atoms with Crippen molar-refractivity contribution in [2.24, 2.45) is 0 Å². The normalized spacial score (nSPS) is 11.1. The lowest BCUT2D eigenvalue weighted by Crippen LogP contribution is -2.02. The minimum absolute atomic E-state index is 0.130. The van der Waals surface area contributed by atoms with Crippen molar-refractivity contribution in [2.45, 2.75) is 20.5 Å². The molecule has 3 aromatic heterocycles. The highest BCUT2D eigenvalue weighted by molar-refractivity contribution is 7.17. The Labute approximate surface area is 163 Å². The Hall–Kier alpha value is -3.46. The van der Waals surface area contributed by atoms with Gasteiger partial charge in [0.1, 0.15) is 18.2 Å². The number of carboxylic acids is 1. The summed E-state index contributed by atoms with van der Waals surface area (Å²) < 4.78 is 11.8. The van der Waals surface area contributed by atoms with Gasteiger partial charge in [-0.2, -0.15) is 4.98 Å². The van der Waals surface area contributed by atoms with Crippen molar-refractivity contribution >= 4 is 33.2 Å². The molecule has 0 fully saturated rings. The van der Waals surface area contributed by atoms with E-state index >= 15 is 0 Å². The van der Waals surface area contributed by atoms with E-state index in [-0.39, 0.29) is 18.0 Å². The first kappa shape index (κ1) is 17.9. The Morgan fingerprint density at radius 3 is 2.89 bits per heavy atom. The molecule has 0 saturated heterocycles. The fourth-order valence-corrected chi connectivity index (χ4v) is 3.91. The zero-order chi connectivity index (χ0) is 19.8. The molecule has 0 saturated carbocycles. The number of aromatic nitrogens is 3. The summed E-state index contributed by atoms with van der Waals surface area (Å²) in [7, 11) is 0. The molecule has 4 rings (SSSR count). The van der Waals surface area contributed by atoms with Gasteiger partial charge in [-0.1, -0.05) is 11.2 Å². The first-order valence-corrected chi connectivity index (χ1v) is 9.24. The molecular weight excluding hydrogens is 380 g/mol. The molecule has 0 amide bonds. The summed E-state index contributed by atoms with van der Waals surface area (Å²) in [6.45, 7) is 3.91. The number of anilines is 1. The van der Waals surface area contributed by atoms with E-state index < -0.39 is 5.97 Å². The fraction of sp³-hybridized carbons (Fsp3) is 0.158. The zero-order valence-electron chi connectivity index (χ0n) is 15.1. The first-order valence-electron chi connectivity index (χ1n) is 8.36. The standard InChI is InChI=1S/C19H16N4O4S/c1-9-3-4-11(18-22-10(2)23-27-18)5-14(9)26-7-12-8-28-16-13(19(24)25)6-21-17(20)15(12)16/h3-6,8H,7H2,1-2H3,(H2,20,21)(H,24,25). The number of hydrogen-bond donors (Lipinski definition) is 2. The van der Waals surface area contributed by atoms with Crippen LogP contribution in [-0.4, -0.2) is 26.2 Å². The molecule has 0 spiro atoms. The summed E-state index contributed by atoms with van der Waals surface area (Å²) in [5.41, 5.74) is 8.60. The van der Waals surface area contributed by atoms with E-state index in [1.54, 1.807) is 6.92 Å². The van der Waals surface area contributed by atoms with E-state index in [4.69, 9.17) is 15.0 Å². The lowest BCUT2D eigenvalue weighted by atomic mass is 10.1. The summed E-state index contributed by atoms with van der Waals surface area (Å²) in [5, 5.41) is 15.6. The third-order valence-electron chi connectivity index (χ3n) is 4.28. The number of ether oxygens (including phenoxy) is 1. The summed E-state index contributed by atoms with van der Waals surface area (Å²) >= 11 is 1.31. The van der Waals surface area contributed by atoms with E-state index in [1.165, 1.54) is 17.5 Å². The van der Waals surface area contributed by atoms with Crippen LogP contribution in [0.5, 0.6) is 5.75 Å². The van der Waals surface area contributed by atoms with Gasteiger partial charge in [0.15, 0.2) is 5.82 Å². The number of benzene rings is 1. The van der Waals surface area contributed by atoms with Crippen LogP contribution >= 0.6 is 11.3 Å². The number of aryl methyl sites for hydroxylation is 2. The largest absolute Gasteiger partial charge is 0.489 e. The Kier molecular flexibility index (Phi) is 4.44. The molecule has 1 aromatic carbocycles. The Balaban J connectivity index is 1.65. The maximum atomic E-state index is 11.4. The van der Waals surface area contributed by atoms with Gasteiger partial charge in [-0.25, -0.2) is 9.78 Å². The quantitative estimate of drug-likeness (QED) is 0.521. The average molecular weight is 396 g/mol. The minimum atomic E-state index is -1.04. The van der Waals surface area contributed by atoms with E-state index in [1.807, 2.05) is 30.5 Å². The Morgan fingerprint density at radius 1 is 1.36 bits per heavy atom. The van der Waals surface area contributed by atoms with Gasteiger partial charge in [-0.15, -0.1) is 11.3 Å². The molecule has 28 heavy (non-hydrogen) atoms. The number of hydrogen-bond acceptors (Lipinski definition) is 8. The highest BCUT2D eigenvalue weighted by Crippen LogP contribution is 2.34. The summed E-state index contributed by atoms with van der Waals surface area (Å²) in [4.78, 5) is 19.6.